The number of pyridine rings is 1. The molecule has 202 valence electrons. The van der Waals surface area contributed by atoms with E-state index >= 15 is 0 Å². The van der Waals surface area contributed by atoms with Crippen molar-refractivity contribution in [3.8, 4) is 34.4 Å². The van der Waals surface area contributed by atoms with Gasteiger partial charge in [-0.15, -0.1) is 0 Å². The summed E-state index contributed by atoms with van der Waals surface area (Å²) in [7, 11) is 3.22. The molecule has 3 heterocycles. The van der Waals surface area contributed by atoms with Crippen LogP contribution in [0.4, 0.5) is 17.3 Å². The molecule has 1 saturated heterocycles. The Morgan fingerprint density at radius 1 is 0.800 bits per heavy atom. The van der Waals surface area contributed by atoms with E-state index in [4.69, 9.17) is 28.9 Å². The van der Waals surface area contributed by atoms with Crippen LogP contribution in [0.3, 0.4) is 0 Å². The van der Waals surface area contributed by atoms with E-state index in [0.29, 0.717) is 41.9 Å². The van der Waals surface area contributed by atoms with E-state index in [2.05, 4.69) is 15.2 Å². The van der Waals surface area contributed by atoms with Crippen molar-refractivity contribution in [3.05, 3.63) is 85.1 Å². The SMILES string of the molecule is COc1cc2nc(-c3ccc(N4CCOCC4)nc3)nc(Nc3ccc(Oc4ccccc4)cc3)c2cc1OC. The first-order valence-corrected chi connectivity index (χ1v) is 13.0. The predicted octanol–water partition coefficient (Wildman–Crippen LogP) is 6.08. The fourth-order valence-electron chi connectivity index (χ4n) is 4.55. The minimum Gasteiger partial charge on any atom is -0.493 e. The van der Waals surface area contributed by atoms with Crippen LogP contribution < -0.4 is 24.4 Å². The molecule has 1 fully saturated rings. The van der Waals surface area contributed by atoms with Gasteiger partial charge in [-0.3, -0.25) is 0 Å². The fraction of sp³-hybridized carbons (Fsp3) is 0.194. The highest BCUT2D eigenvalue weighted by Gasteiger charge is 2.16. The van der Waals surface area contributed by atoms with Gasteiger partial charge in [-0.05, 0) is 54.6 Å². The van der Waals surface area contributed by atoms with Crippen LogP contribution in [-0.2, 0) is 4.74 Å². The zero-order valence-electron chi connectivity index (χ0n) is 22.3. The summed E-state index contributed by atoms with van der Waals surface area (Å²) in [6.45, 7) is 3.06. The number of nitrogens with zero attached hydrogens (tertiary/aromatic N) is 4. The summed E-state index contributed by atoms with van der Waals surface area (Å²) in [5.74, 6) is 4.80. The summed E-state index contributed by atoms with van der Waals surface area (Å²) in [4.78, 5) is 16.7. The lowest BCUT2D eigenvalue weighted by Crippen LogP contribution is -2.36. The van der Waals surface area contributed by atoms with Crippen molar-refractivity contribution in [2.24, 2.45) is 0 Å². The summed E-state index contributed by atoms with van der Waals surface area (Å²) < 4.78 is 22.5. The largest absolute Gasteiger partial charge is 0.493 e. The Hall–Kier alpha value is -4.89. The molecule has 0 radical (unpaired) electrons. The third-order valence-corrected chi connectivity index (χ3v) is 6.64. The van der Waals surface area contributed by atoms with E-state index in [-0.39, 0.29) is 0 Å². The number of hydrogen-bond donors (Lipinski definition) is 1. The first-order valence-electron chi connectivity index (χ1n) is 13.0. The highest BCUT2D eigenvalue weighted by atomic mass is 16.5. The number of benzene rings is 3. The molecule has 9 nitrogen and oxygen atoms in total. The average molecular weight is 536 g/mol. The van der Waals surface area contributed by atoms with Crippen LogP contribution in [0.1, 0.15) is 0 Å². The smallest absolute Gasteiger partial charge is 0.163 e. The van der Waals surface area contributed by atoms with Crippen LogP contribution in [0.2, 0.25) is 0 Å². The average Bonchev–Trinajstić information content (AvgIpc) is 3.02. The molecule has 2 aromatic heterocycles. The number of aromatic nitrogens is 3. The van der Waals surface area contributed by atoms with Gasteiger partial charge in [-0.2, -0.15) is 0 Å². The molecule has 0 unspecified atom stereocenters. The van der Waals surface area contributed by atoms with Gasteiger partial charge >= 0.3 is 0 Å². The molecule has 1 aliphatic heterocycles. The topological polar surface area (TPSA) is 90.9 Å². The van der Waals surface area contributed by atoms with Crippen molar-refractivity contribution in [2.75, 3.05) is 50.7 Å². The number of rotatable bonds is 8. The van der Waals surface area contributed by atoms with Crippen LogP contribution in [0, 0.1) is 0 Å². The highest BCUT2D eigenvalue weighted by Crippen LogP contribution is 2.36. The third kappa shape index (κ3) is 5.45. The number of nitrogens with one attached hydrogen (secondary N) is 1. The first kappa shape index (κ1) is 25.4. The summed E-state index contributed by atoms with van der Waals surface area (Å²) in [6.07, 6.45) is 1.81. The molecule has 40 heavy (non-hydrogen) atoms. The van der Waals surface area contributed by atoms with Gasteiger partial charge in [0.05, 0.1) is 33.0 Å². The molecule has 0 spiro atoms. The van der Waals surface area contributed by atoms with Gasteiger partial charge in [-0.25, -0.2) is 15.0 Å². The molecule has 3 aromatic carbocycles. The van der Waals surface area contributed by atoms with Gasteiger partial charge in [0, 0.05) is 42.0 Å². The van der Waals surface area contributed by atoms with Crippen LogP contribution in [-0.4, -0.2) is 55.5 Å². The maximum atomic E-state index is 5.94. The Morgan fingerprint density at radius 2 is 1.52 bits per heavy atom. The van der Waals surface area contributed by atoms with Gasteiger partial charge in [-0.1, -0.05) is 18.2 Å². The standard InChI is InChI=1S/C31H29N5O4/c1-37-27-18-25-26(19-28(27)38-2)34-30(21-8-13-29(32-20-21)36-14-16-39-17-15-36)35-31(25)33-22-9-11-24(12-10-22)40-23-6-4-3-5-7-23/h3-13,18-20H,14-17H2,1-2H3,(H,33,34,35). The van der Waals surface area contributed by atoms with Gasteiger partial charge in [0.25, 0.3) is 0 Å². The zero-order valence-corrected chi connectivity index (χ0v) is 22.3. The maximum Gasteiger partial charge on any atom is 0.163 e. The summed E-state index contributed by atoms with van der Waals surface area (Å²) in [5.41, 5.74) is 2.37. The third-order valence-electron chi connectivity index (χ3n) is 6.64. The lowest BCUT2D eigenvalue weighted by Gasteiger charge is -2.27. The van der Waals surface area contributed by atoms with Crippen molar-refractivity contribution < 1.29 is 18.9 Å². The van der Waals surface area contributed by atoms with E-state index in [0.717, 1.165) is 47.0 Å². The quantitative estimate of drug-likeness (QED) is 0.254. The van der Waals surface area contributed by atoms with E-state index in [1.54, 1.807) is 14.2 Å². The lowest BCUT2D eigenvalue weighted by atomic mass is 10.1. The Labute approximate surface area is 232 Å². The monoisotopic (exact) mass is 535 g/mol. The molecule has 6 rings (SSSR count). The fourth-order valence-corrected chi connectivity index (χ4v) is 4.55. The number of ether oxygens (including phenoxy) is 4. The number of hydrogen-bond acceptors (Lipinski definition) is 9. The molecule has 0 atom stereocenters. The molecule has 1 aliphatic rings. The first-order chi connectivity index (χ1) is 19.7. The molecule has 9 heteroatoms. The number of methoxy groups -OCH3 is 2. The Bertz CT molecular complexity index is 1590. The number of morpholine rings is 1. The van der Waals surface area contributed by atoms with E-state index in [1.807, 2.05) is 85.1 Å². The molecule has 0 saturated carbocycles. The minimum absolute atomic E-state index is 0.548. The highest BCUT2D eigenvalue weighted by molar-refractivity contribution is 5.94. The predicted molar refractivity (Wildman–Crippen MR) is 155 cm³/mol. The Balaban J connectivity index is 1.34. The second kappa shape index (κ2) is 11.5. The second-order valence-electron chi connectivity index (χ2n) is 9.19. The number of para-hydroxylation sites is 1. The molecule has 1 N–H and O–H groups in total. The molecule has 0 bridgehead atoms. The van der Waals surface area contributed by atoms with Crippen LogP contribution in [0.5, 0.6) is 23.0 Å². The number of fused-ring (bicyclic) bond motifs is 1. The normalized spacial score (nSPS) is 13.2. The lowest BCUT2D eigenvalue weighted by molar-refractivity contribution is 0.122. The molecular formula is C31H29N5O4. The minimum atomic E-state index is 0.548. The second-order valence-corrected chi connectivity index (χ2v) is 9.19. The van der Waals surface area contributed by atoms with Crippen LogP contribution in [0.15, 0.2) is 85.1 Å². The Morgan fingerprint density at radius 3 is 2.23 bits per heavy atom. The summed E-state index contributed by atoms with van der Waals surface area (Å²) in [5, 5.41) is 4.25. The molecule has 0 amide bonds. The van der Waals surface area contributed by atoms with Gasteiger partial charge in [0.1, 0.15) is 23.1 Å². The maximum absolute atomic E-state index is 5.94. The summed E-state index contributed by atoms with van der Waals surface area (Å²) in [6, 6.07) is 25.2. The van der Waals surface area contributed by atoms with Crippen molar-refractivity contribution in [2.45, 2.75) is 0 Å². The zero-order chi connectivity index (χ0) is 27.3. The molecular weight excluding hydrogens is 506 g/mol. The van der Waals surface area contributed by atoms with E-state index in [1.165, 1.54) is 0 Å². The molecule has 5 aromatic rings. The number of anilines is 3. The Kier molecular flexibility index (Phi) is 7.28. The van der Waals surface area contributed by atoms with Crippen molar-refractivity contribution in [1.29, 1.82) is 0 Å². The summed E-state index contributed by atoms with van der Waals surface area (Å²) >= 11 is 0. The van der Waals surface area contributed by atoms with Gasteiger partial charge < -0.3 is 29.2 Å². The van der Waals surface area contributed by atoms with E-state index < -0.39 is 0 Å². The molecule has 0 aliphatic carbocycles. The van der Waals surface area contributed by atoms with Gasteiger partial charge in [0.2, 0.25) is 0 Å². The van der Waals surface area contributed by atoms with Crippen LogP contribution in [0.25, 0.3) is 22.3 Å². The van der Waals surface area contributed by atoms with Crippen molar-refractivity contribution >= 4 is 28.2 Å². The van der Waals surface area contributed by atoms with Crippen molar-refractivity contribution in [3.63, 3.8) is 0 Å². The van der Waals surface area contributed by atoms with E-state index in [9.17, 15) is 0 Å². The van der Waals surface area contributed by atoms with Crippen molar-refractivity contribution in [1.82, 2.24) is 15.0 Å². The van der Waals surface area contributed by atoms with Gasteiger partial charge in [0.15, 0.2) is 17.3 Å². The van der Waals surface area contributed by atoms with Crippen LogP contribution >= 0.6 is 0 Å².